The Balaban J connectivity index is 1.96. The maximum Gasteiger partial charge on any atom is 0.330 e. The number of carbonyl (C=O) groups is 1. The van der Waals surface area contributed by atoms with Gasteiger partial charge in [-0.15, -0.1) is 0 Å². The number of ether oxygens (including phenoxy) is 1. The minimum atomic E-state index is -0.317. The van der Waals surface area contributed by atoms with Crippen molar-refractivity contribution in [3.05, 3.63) is 30.0 Å². The van der Waals surface area contributed by atoms with Crippen LogP contribution in [0.4, 0.5) is 5.82 Å². The first kappa shape index (κ1) is 13.6. The van der Waals surface area contributed by atoms with Gasteiger partial charge in [-0.3, -0.25) is 0 Å². The fourth-order valence-electron chi connectivity index (χ4n) is 2.16. The summed E-state index contributed by atoms with van der Waals surface area (Å²) in [5.74, 6) is 0.704. The van der Waals surface area contributed by atoms with Gasteiger partial charge in [0.05, 0.1) is 6.61 Å². The van der Waals surface area contributed by atoms with E-state index >= 15 is 0 Å². The summed E-state index contributed by atoms with van der Waals surface area (Å²) in [7, 11) is 0. The van der Waals surface area contributed by atoms with E-state index in [0.29, 0.717) is 6.61 Å². The zero-order valence-corrected chi connectivity index (χ0v) is 11.3. The van der Waals surface area contributed by atoms with Crippen molar-refractivity contribution in [2.75, 3.05) is 24.6 Å². The van der Waals surface area contributed by atoms with Gasteiger partial charge in [0, 0.05) is 25.4 Å². The first-order valence-electron chi connectivity index (χ1n) is 6.85. The Morgan fingerprint density at radius 1 is 1.37 bits per heavy atom. The van der Waals surface area contributed by atoms with Crippen LogP contribution in [-0.2, 0) is 9.53 Å². The largest absolute Gasteiger partial charge is 0.463 e. The van der Waals surface area contributed by atoms with Crippen molar-refractivity contribution in [2.24, 2.45) is 0 Å². The molecule has 4 heteroatoms. The van der Waals surface area contributed by atoms with E-state index in [4.69, 9.17) is 4.74 Å². The first-order valence-corrected chi connectivity index (χ1v) is 6.85. The molecule has 2 heterocycles. The van der Waals surface area contributed by atoms with Crippen LogP contribution in [-0.4, -0.2) is 30.6 Å². The average Bonchev–Trinajstić information content (AvgIpc) is 2.47. The molecule has 0 radical (unpaired) electrons. The number of hydrogen-bond acceptors (Lipinski definition) is 4. The van der Waals surface area contributed by atoms with E-state index < -0.39 is 0 Å². The zero-order valence-electron chi connectivity index (χ0n) is 11.3. The number of hydrogen-bond donors (Lipinski definition) is 0. The summed E-state index contributed by atoms with van der Waals surface area (Å²) >= 11 is 0. The van der Waals surface area contributed by atoms with Gasteiger partial charge in [-0.2, -0.15) is 0 Å². The number of aromatic nitrogens is 1. The maximum absolute atomic E-state index is 11.2. The third-order valence-corrected chi connectivity index (χ3v) is 3.15. The Labute approximate surface area is 114 Å². The lowest BCUT2D eigenvalue weighted by atomic mass is 10.1. The van der Waals surface area contributed by atoms with Crippen molar-refractivity contribution in [3.63, 3.8) is 0 Å². The molecule has 0 spiro atoms. The van der Waals surface area contributed by atoms with E-state index in [-0.39, 0.29) is 5.97 Å². The molecule has 4 nitrogen and oxygen atoms in total. The Morgan fingerprint density at radius 3 is 2.79 bits per heavy atom. The highest BCUT2D eigenvalue weighted by molar-refractivity contribution is 5.86. The van der Waals surface area contributed by atoms with Gasteiger partial charge in [-0.05, 0) is 50.0 Å². The van der Waals surface area contributed by atoms with Gasteiger partial charge in [-0.1, -0.05) is 0 Å². The Kier molecular flexibility index (Phi) is 4.95. The van der Waals surface area contributed by atoms with Gasteiger partial charge >= 0.3 is 5.97 Å². The predicted octanol–water partition coefficient (Wildman–Crippen LogP) is 2.65. The second kappa shape index (κ2) is 6.92. The van der Waals surface area contributed by atoms with E-state index in [0.717, 1.165) is 24.5 Å². The highest BCUT2D eigenvalue weighted by atomic mass is 16.5. The number of carbonyl (C=O) groups excluding carboxylic acids is 1. The van der Waals surface area contributed by atoms with E-state index in [2.05, 4.69) is 9.88 Å². The summed E-state index contributed by atoms with van der Waals surface area (Å²) in [5.41, 5.74) is 0.911. The monoisotopic (exact) mass is 260 g/mol. The average molecular weight is 260 g/mol. The summed E-state index contributed by atoms with van der Waals surface area (Å²) in [6.45, 7) is 4.37. The standard InChI is InChI=1S/C15H20N2O2/c1-2-19-15(18)9-7-13-6-8-14(16-12-13)17-10-4-3-5-11-17/h6-9,12H,2-5,10-11H2,1H3/b9-7+. The summed E-state index contributed by atoms with van der Waals surface area (Å²) in [5, 5.41) is 0. The lowest BCUT2D eigenvalue weighted by molar-refractivity contribution is -0.137. The smallest absolute Gasteiger partial charge is 0.330 e. The Bertz CT molecular complexity index is 434. The molecule has 1 aliphatic rings. The second-order valence-corrected chi connectivity index (χ2v) is 4.58. The van der Waals surface area contributed by atoms with E-state index in [1.807, 2.05) is 12.1 Å². The van der Waals surface area contributed by atoms with Crippen molar-refractivity contribution < 1.29 is 9.53 Å². The molecule has 0 N–H and O–H groups in total. The van der Waals surface area contributed by atoms with E-state index in [1.165, 1.54) is 25.3 Å². The van der Waals surface area contributed by atoms with Crippen molar-refractivity contribution in [2.45, 2.75) is 26.2 Å². The minimum absolute atomic E-state index is 0.317. The number of nitrogens with zero attached hydrogens (tertiary/aromatic N) is 2. The second-order valence-electron chi connectivity index (χ2n) is 4.58. The van der Waals surface area contributed by atoms with Crippen molar-refractivity contribution >= 4 is 17.9 Å². The van der Waals surface area contributed by atoms with Crippen LogP contribution in [0.15, 0.2) is 24.4 Å². The third-order valence-electron chi connectivity index (χ3n) is 3.15. The van der Waals surface area contributed by atoms with E-state index in [9.17, 15) is 4.79 Å². The molecule has 0 atom stereocenters. The molecular weight excluding hydrogens is 240 g/mol. The van der Waals surface area contributed by atoms with Crippen molar-refractivity contribution in [1.82, 2.24) is 4.98 Å². The van der Waals surface area contributed by atoms with Crippen LogP contribution in [0, 0.1) is 0 Å². The number of anilines is 1. The third kappa shape index (κ3) is 4.09. The lowest BCUT2D eigenvalue weighted by Crippen LogP contribution is -2.29. The first-order chi connectivity index (χ1) is 9.29. The van der Waals surface area contributed by atoms with Gasteiger partial charge in [0.25, 0.3) is 0 Å². The highest BCUT2D eigenvalue weighted by Crippen LogP contribution is 2.17. The molecule has 0 amide bonds. The maximum atomic E-state index is 11.2. The van der Waals surface area contributed by atoms with Crippen LogP contribution in [0.5, 0.6) is 0 Å². The molecule has 0 aromatic carbocycles. The molecular formula is C15H20N2O2. The minimum Gasteiger partial charge on any atom is -0.463 e. The summed E-state index contributed by atoms with van der Waals surface area (Å²) < 4.78 is 4.83. The topological polar surface area (TPSA) is 42.4 Å². The summed E-state index contributed by atoms with van der Waals surface area (Å²) in [4.78, 5) is 17.9. The molecule has 0 aliphatic carbocycles. The van der Waals surface area contributed by atoms with Crippen LogP contribution >= 0.6 is 0 Å². The van der Waals surface area contributed by atoms with Crippen molar-refractivity contribution in [1.29, 1.82) is 0 Å². The molecule has 1 aliphatic heterocycles. The van der Waals surface area contributed by atoms with Crippen LogP contribution in [0.25, 0.3) is 6.08 Å². The predicted molar refractivity (Wildman–Crippen MR) is 76.0 cm³/mol. The van der Waals surface area contributed by atoms with Crippen LogP contribution in [0.2, 0.25) is 0 Å². The Morgan fingerprint density at radius 2 is 2.16 bits per heavy atom. The molecule has 2 rings (SSSR count). The molecule has 0 unspecified atom stereocenters. The molecule has 1 saturated heterocycles. The van der Waals surface area contributed by atoms with Crippen molar-refractivity contribution in [3.8, 4) is 0 Å². The van der Waals surface area contributed by atoms with Crippen LogP contribution in [0.3, 0.4) is 0 Å². The van der Waals surface area contributed by atoms with Gasteiger partial charge in [-0.25, -0.2) is 9.78 Å². The summed E-state index contributed by atoms with van der Waals surface area (Å²) in [6.07, 6.45) is 8.75. The number of pyridine rings is 1. The fraction of sp³-hybridized carbons (Fsp3) is 0.467. The Hall–Kier alpha value is -1.84. The van der Waals surface area contributed by atoms with Gasteiger partial charge < -0.3 is 9.64 Å². The zero-order chi connectivity index (χ0) is 13.5. The molecule has 102 valence electrons. The number of piperidine rings is 1. The molecule has 1 fully saturated rings. The van der Waals surface area contributed by atoms with Gasteiger partial charge in [0.15, 0.2) is 0 Å². The fourth-order valence-corrected chi connectivity index (χ4v) is 2.16. The molecule has 1 aromatic heterocycles. The van der Waals surface area contributed by atoms with Crippen LogP contribution < -0.4 is 4.90 Å². The highest BCUT2D eigenvalue weighted by Gasteiger charge is 2.11. The van der Waals surface area contributed by atoms with Gasteiger partial charge in [0.1, 0.15) is 5.82 Å². The normalized spacial score (nSPS) is 15.7. The van der Waals surface area contributed by atoms with Crippen LogP contribution in [0.1, 0.15) is 31.7 Å². The number of rotatable bonds is 4. The SMILES string of the molecule is CCOC(=O)/C=C/c1ccc(N2CCCCC2)nc1. The molecule has 0 bridgehead atoms. The quantitative estimate of drug-likeness (QED) is 0.616. The van der Waals surface area contributed by atoms with E-state index in [1.54, 1.807) is 19.2 Å². The summed E-state index contributed by atoms with van der Waals surface area (Å²) in [6, 6.07) is 3.99. The molecule has 1 aromatic rings. The lowest BCUT2D eigenvalue weighted by Gasteiger charge is -2.27. The van der Waals surface area contributed by atoms with Gasteiger partial charge in [0.2, 0.25) is 0 Å². The molecule has 19 heavy (non-hydrogen) atoms. The number of esters is 1. The molecule has 0 saturated carbocycles.